The SMILES string of the molecule is FC(F)(F)c1cc(B2Oc3ccccc3O2)cc(C(F)(F)F)c1. The highest BCUT2D eigenvalue weighted by atomic mass is 19.4. The average molecular weight is 332 g/mol. The fourth-order valence-corrected chi connectivity index (χ4v) is 2.15. The molecular formula is C14H7BF6O2. The van der Waals surface area contributed by atoms with Crippen LogP contribution in [-0.4, -0.2) is 7.12 Å². The molecule has 2 nitrogen and oxygen atoms in total. The Morgan fingerprint density at radius 2 is 1.13 bits per heavy atom. The first-order valence-corrected chi connectivity index (χ1v) is 6.36. The minimum atomic E-state index is -4.92. The lowest BCUT2D eigenvalue weighted by atomic mass is 9.77. The average Bonchev–Trinajstić information content (AvgIpc) is 2.89. The van der Waals surface area contributed by atoms with E-state index in [1.54, 1.807) is 12.1 Å². The molecule has 3 rings (SSSR count). The third kappa shape index (κ3) is 3.08. The van der Waals surface area contributed by atoms with E-state index >= 15 is 0 Å². The number of hydrogen-bond donors (Lipinski definition) is 0. The van der Waals surface area contributed by atoms with Crippen molar-refractivity contribution in [1.82, 2.24) is 0 Å². The molecule has 1 aliphatic heterocycles. The highest BCUT2D eigenvalue weighted by Gasteiger charge is 2.41. The van der Waals surface area contributed by atoms with Crippen molar-refractivity contribution in [3.8, 4) is 11.5 Å². The second-order valence-corrected chi connectivity index (χ2v) is 4.85. The molecule has 0 radical (unpaired) electrons. The van der Waals surface area contributed by atoms with E-state index in [2.05, 4.69) is 0 Å². The lowest BCUT2D eigenvalue weighted by Gasteiger charge is -2.14. The monoisotopic (exact) mass is 332 g/mol. The zero-order valence-electron chi connectivity index (χ0n) is 11.2. The molecule has 0 atom stereocenters. The first kappa shape index (κ1) is 15.6. The van der Waals surface area contributed by atoms with Gasteiger partial charge in [0.25, 0.3) is 0 Å². The Balaban J connectivity index is 2.03. The number of rotatable bonds is 1. The van der Waals surface area contributed by atoms with Gasteiger partial charge in [-0.25, -0.2) is 0 Å². The Labute approximate surface area is 126 Å². The molecule has 2 aromatic rings. The number of para-hydroxylation sites is 2. The van der Waals surface area contributed by atoms with Crippen LogP contribution in [0.3, 0.4) is 0 Å². The number of hydrogen-bond acceptors (Lipinski definition) is 2. The highest BCUT2D eigenvalue weighted by Crippen LogP contribution is 2.36. The van der Waals surface area contributed by atoms with Crippen molar-refractivity contribution < 1.29 is 35.7 Å². The summed E-state index contributed by atoms with van der Waals surface area (Å²) in [6.07, 6.45) is -9.83. The lowest BCUT2D eigenvalue weighted by Crippen LogP contribution is -2.40. The van der Waals surface area contributed by atoms with Gasteiger partial charge in [0.15, 0.2) is 0 Å². The summed E-state index contributed by atoms with van der Waals surface area (Å²) in [6, 6.07) is 7.47. The molecule has 0 bridgehead atoms. The first-order valence-electron chi connectivity index (χ1n) is 6.36. The van der Waals surface area contributed by atoms with E-state index in [4.69, 9.17) is 9.31 Å². The Bertz CT molecular complexity index is 684. The largest absolute Gasteiger partial charge is 0.632 e. The van der Waals surface area contributed by atoms with Crippen LogP contribution in [0.5, 0.6) is 11.5 Å². The van der Waals surface area contributed by atoms with Crippen LogP contribution in [-0.2, 0) is 12.4 Å². The molecule has 0 aromatic heterocycles. The van der Waals surface area contributed by atoms with Crippen molar-refractivity contribution in [3.63, 3.8) is 0 Å². The molecule has 0 fully saturated rings. The van der Waals surface area contributed by atoms with Gasteiger partial charge >= 0.3 is 19.5 Å². The van der Waals surface area contributed by atoms with Gasteiger partial charge in [0.05, 0.1) is 11.1 Å². The Morgan fingerprint density at radius 3 is 1.52 bits per heavy atom. The molecule has 1 heterocycles. The van der Waals surface area contributed by atoms with Crippen molar-refractivity contribution in [2.45, 2.75) is 12.4 Å². The molecular weight excluding hydrogens is 325 g/mol. The summed E-state index contributed by atoms with van der Waals surface area (Å²) >= 11 is 0. The van der Waals surface area contributed by atoms with Crippen LogP contribution < -0.4 is 14.8 Å². The summed E-state index contributed by atoms with van der Waals surface area (Å²) < 4.78 is 87.6. The maximum Gasteiger partial charge on any atom is 0.632 e. The number of alkyl halides is 6. The fraction of sp³-hybridized carbons (Fsp3) is 0.143. The molecule has 0 aliphatic carbocycles. The zero-order valence-corrected chi connectivity index (χ0v) is 11.2. The van der Waals surface area contributed by atoms with E-state index < -0.39 is 30.6 Å². The van der Waals surface area contributed by atoms with Crippen LogP contribution in [0.1, 0.15) is 11.1 Å². The molecule has 23 heavy (non-hydrogen) atoms. The minimum absolute atomic E-state index is 0.0611. The molecule has 0 saturated heterocycles. The molecule has 9 heteroatoms. The molecule has 2 aromatic carbocycles. The topological polar surface area (TPSA) is 18.5 Å². The van der Waals surface area contributed by atoms with Gasteiger partial charge in [0, 0.05) is 5.46 Å². The molecule has 120 valence electrons. The van der Waals surface area contributed by atoms with Crippen LogP contribution in [0, 0.1) is 0 Å². The van der Waals surface area contributed by atoms with Crippen LogP contribution in [0.2, 0.25) is 0 Å². The third-order valence-electron chi connectivity index (χ3n) is 3.20. The van der Waals surface area contributed by atoms with Crippen molar-refractivity contribution >= 4 is 12.6 Å². The molecule has 0 N–H and O–H groups in total. The maximum atomic E-state index is 12.8. The normalized spacial score (nSPS) is 14.3. The van der Waals surface area contributed by atoms with Gasteiger partial charge in [-0.1, -0.05) is 12.1 Å². The first-order chi connectivity index (χ1) is 10.6. The summed E-state index contributed by atoms with van der Waals surface area (Å²) in [6.45, 7) is 0. The predicted octanol–water partition coefficient (Wildman–Crippen LogP) is 3.89. The summed E-state index contributed by atoms with van der Waals surface area (Å²) in [7, 11) is -1.36. The zero-order chi connectivity index (χ0) is 16.8. The van der Waals surface area contributed by atoms with Gasteiger partial charge < -0.3 is 9.31 Å². The highest BCUT2D eigenvalue weighted by molar-refractivity contribution is 6.63. The Morgan fingerprint density at radius 1 is 0.696 bits per heavy atom. The van der Waals surface area contributed by atoms with Gasteiger partial charge in [-0.2, -0.15) is 26.3 Å². The second-order valence-electron chi connectivity index (χ2n) is 4.85. The summed E-state index contributed by atoms with van der Waals surface area (Å²) in [5.41, 5.74) is -3.18. The van der Waals surface area contributed by atoms with E-state index in [1.165, 1.54) is 12.1 Å². The minimum Gasteiger partial charge on any atom is -0.519 e. The maximum absolute atomic E-state index is 12.8. The lowest BCUT2D eigenvalue weighted by molar-refractivity contribution is -0.142. The summed E-state index contributed by atoms with van der Waals surface area (Å²) in [5, 5.41) is 0. The van der Waals surface area contributed by atoms with Crippen molar-refractivity contribution in [3.05, 3.63) is 53.6 Å². The third-order valence-corrected chi connectivity index (χ3v) is 3.20. The van der Waals surface area contributed by atoms with E-state index in [-0.39, 0.29) is 23.0 Å². The van der Waals surface area contributed by atoms with E-state index in [0.717, 1.165) is 0 Å². The van der Waals surface area contributed by atoms with E-state index in [1.807, 2.05) is 0 Å². The van der Waals surface area contributed by atoms with Crippen LogP contribution >= 0.6 is 0 Å². The van der Waals surface area contributed by atoms with Crippen LogP contribution in [0.4, 0.5) is 26.3 Å². The van der Waals surface area contributed by atoms with Gasteiger partial charge in [0.1, 0.15) is 11.5 Å². The fourth-order valence-electron chi connectivity index (χ4n) is 2.15. The van der Waals surface area contributed by atoms with E-state index in [9.17, 15) is 26.3 Å². The van der Waals surface area contributed by atoms with Gasteiger partial charge in [-0.05, 0) is 30.3 Å². The molecule has 0 spiro atoms. The number of fused-ring (bicyclic) bond motifs is 1. The molecule has 1 aliphatic rings. The Hall–Kier alpha value is -2.32. The van der Waals surface area contributed by atoms with Crippen molar-refractivity contribution in [2.24, 2.45) is 0 Å². The van der Waals surface area contributed by atoms with Crippen LogP contribution in [0.15, 0.2) is 42.5 Å². The second kappa shape index (κ2) is 5.11. The molecule has 0 unspecified atom stereocenters. The van der Waals surface area contributed by atoms with Crippen LogP contribution in [0.25, 0.3) is 0 Å². The quantitative estimate of drug-likeness (QED) is 0.583. The van der Waals surface area contributed by atoms with Gasteiger partial charge in [-0.15, -0.1) is 0 Å². The smallest absolute Gasteiger partial charge is 0.519 e. The number of halogens is 6. The standard InChI is InChI=1S/C14H7BF6O2/c16-13(17,18)8-5-9(14(19,20)21)7-10(6-8)15-22-11-3-1-2-4-12(11)23-15/h1-7H. The Kier molecular flexibility index (Phi) is 3.46. The summed E-state index contributed by atoms with van der Waals surface area (Å²) in [5.74, 6) is 0.506. The number of benzene rings is 2. The predicted molar refractivity (Wildman–Crippen MR) is 69.5 cm³/mol. The summed E-state index contributed by atoms with van der Waals surface area (Å²) in [4.78, 5) is 0. The van der Waals surface area contributed by atoms with Crippen molar-refractivity contribution in [2.75, 3.05) is 0 Å². The van der Waals surface area contributed by atoms with Gasteiger partial charge in [0.2, 0.25) is 0 Å². The molecule has 0 amide bonds. The van der Waals surface area contributed by atoms with E-state index in [0.29, 0.717) is 12.1 Å². The molecule has 0 saturated carbocycles. The van der Waals surface area contributed by atoms with Gasteiger partial charge in [-0.3, -0.25) is 0 Å². The van der Waals surface area contributed by atoms with Crippen molar-refractivity contribution in [1.29, 1.82) is 0 Å².